The molecule has 2 rings (SSSR count). The molecule has 1 saturated heterocycles. The van der Waals surface area contributed by atoms with Crippen molar-refractivity contribution in [3.63, 3.8) is 0 Å². The number of aliphatic imine (C=N–C) groups is 1. The van der Waals surface area contributed by atoms with Gasteiger partial charge in [0.25, 0.3) is 0 Å². The van der Waals surface area contributed by atoms with Crippen LogP contribution in [0.2, 0.25) is 0 Å². The van der Waals surface area contributed by atoms with Crippen LogP contribution < -0.4 is 10.6 Å². The molecule has 2 N–H and O–H groups in total. The summed E-state index contributed by atoms with van der Waals surface area (Å²) in [5, 5.41) is 6.71. The zero-order chi connectivity index (χ0) is 18.8. The second-order valence-corrected chi connectivity index (χ2v) is 6.69. The van der Waals surface area contributed by atoms with Crippen molar-refractivity contribution in [3.8, 4) is 0 Å². The van der Waals surface area contributed by atoms with Crippen molar-refractivity contribution in [2.24, 2.45) is 10.9 Å². The number of hydrogen-bond donors (Lipinski definition) is 2. The summed E-state index contributed by atoms with van der Waals surface area (Å²) in [5.74, 6) is 0.256. The number of esters is 1. The highest BCUT2D eigenvalue weighted by atomic mass is 127. The molecule has 0 saturated carbocycles. The average Bonchev–Trinajstić information content (AvgIpc) is 3.20. The quantitative estimate of drug-likeness (QED) is 0.255. The van der Waals surface area contributed by atoms with Crippen LogP contribution in [0.15, 0.2) is 35.3 Å². The van der Waals surface area contributed by atoms with E-state index in [1.165, 1.54) is 25.5 Å². The molecule has 2 unspecified atom stereocenters. The van der Waals surface area contributed by atoms with E-state index >= 15 is 0 Å². The lowest BCUT2D eigenvalue weighted by Crippen LogP contribution is -2.43. The van der Waals surface area contributed by atoms with E-state index in [4.69, 9.17) is 4.74 Å². The number of halogens is 1. The first-order chi connectivity index (χ1) is 12.7. The molecule has 1 fully saturated rings. The number of ether oxygens (including phenoxy) is 1. The van der Waals surface area contributed by atoms with Gasteiger partial charge in [0.05, 0.1) is 25.6 Å². The Morgan fingerprint density at radius 1 is 1.22 bits per heavy atom. The molecule has 27 heavy (non-hydrogen) atoms. The monoisotopic (exact) mass is 488 g/mol. The van der Waals surface area contributed by atoms with Crippen molar-refractivity contribution in [1.82, 2.24) is 15.5 Å². The fourth-order valence-electron chi connectivity index (χ4n) is 3.23. The first kappa shape index (κ1) is 23.7. The number of rotatable bonds is 8. The van der Waals surface area contributed by atoms with Gasteiger partial charge in [-0.15, -0.1) is 24.0 Å². The Bertz CT molecular complexity index is 577. The number of guanidine groups is 1. The number of nitrogens with zero attached hydrogens (tertiary/aromatic N) is 2. The van der Waals surface area contributed by atoms with E-state index in [0.717, 1.165) is 32.1 Å². The largest absolute Gasteiger partial charge is 0.469 e. The highest BCUT2D eigenvalue weighted by molar-refractivity contribution is 14.0. The molecule has 7 heteroatoms. The Hall–Kier alpha value is -1.35. The molecule has 0 radical (unpaired) electrons. The lowest BCUT2D eigenvalue weighted by atomic mass is 10.1. The summed E-state index contributed by atoms with van der Waals surface area (Å²) in [6.45, 7) is 8.09. The van der Waals surface area contributed by atoms with Crippen LogP contribution >= 0.6 is 24.0 Å². The van der Waals surface area contributed by atoms with E-state index in [2.05, 4.69) is 50.9 Å². The average molecular weight is 488 g/mol. The third kappa shape index (κ3) is 7.65. The highest BCUT2D eigenvalue weighted by Crippen LogP contribution is 2.24. The van der Waals surface area contributed by atoms with Gasteiger partial charge < -0.3 is 15.4 Å². The summed E-state index contributed by atoms with van der Waals surface area (Å²) >= 11 is 0. The number of methoxy groups -OCH3 is 1. The van der Waals surface area contributed by atoms with Crippen molar-refractivity contribution >= 4 is 35.9 Å². The van der Waals surface area contributed by atoms with Gasteiger partial charge >= 0.3 is 5.97 Å². The SMILES string of the molecule is CCNC(=NCC(C)C(=O)OC)NCC(c1ccccc1)N1CCCC1.I. The maximum Gasteiger partial charge on any atom is 0.310 e. The van der Waals surface area contributed by atoms with E-state index in [1.807, 2.05) is 13.8 Å². The topological polar surface area (TPSA) is 66.0 Å². The molecule has 1 aliphatic rings. The van der Waals surface area contributed by atoms with Crippen LogP contribution in [0.25, 0.3) is 0 Å². The molecule has 0 bridgehead atoms. The van der Waals surface area contributed by atoms with E-state index in [9.17, 15) is 4.79 Å². The Morgan fingerprint density at radius 2 is 1.89 bits per heavy atom. The fraction of sp³-hybridized carbons (Fsp3) is 0.600. The Balaban J connectivity index is 0.00000364. The fourth-order valence-corrected chi connectivity index (χ4v) is 3.23. The molecule has 1 aromatic rings. The summed E-state index contributed by atoms with van der Waals surface area (Å²) in [6.07, 6.45) is 2.52. The van der Waals surface area contributed by atoms with Crippen molar-refractivity contribution in [3.05, 3.63) is 35.9 Å². The van der Waals surface area contributed by atoms with Gasteiger partial charge in [-0.25, -0.2) is 0 Å². The third-order valence-electron chi connectivity index (χ3n) is 4.70. The van der Waals surface area contributed by atoms with Crippen LogP contribution in [0.4, 0.5) is 0 Å². The number of hydrogen-bond acceptors (Lipinski definition) is 4. The molecule has 0 aromatic heterocycles. The summed E-state index contributed by atoms with van der Waals surface area (Å²) < 4.78 is 4.77. The first-order valence-corrected chi connectivity index (χ1v) is 9.54. The van der Waals surface area contributed by atoms with Crippen LogP contribution in [-0.2, 0) is 9.53 Å². The highest BCUT2D eigenvalue weighted by Gasteiger charge is 2.23. The Kier molecular flexibility index (Phi) is 11.3. The van der Waals surface area contributed by atoms with Crippen molar-refractivity contribution in [2.75, 3.05) is 39.8 Å². The lowest BCUT2D eigenvalue weighted by Gasteiger charge is -2.29. The number of nitrogens with one attached hydrogen (secondary N) is 2. The summed E-state index contributed by atoms with van der Waals surface area (Å²) in [6, 6.07) is 10.9. The molecule has 2 atom stereocenters. The normalized spacial score (nSPS) is 16.9. The van der Waals surface area contributed by atoms with E-state index in [-0.39, 0.29) is 35.9 Å². The second kappa shape index (κ2) is 12.9. The number of carbonyl (C=O) groups excluding carboxylic acids is 1. The predicted molar refractivity (Wildman–Crippen MR) is 121 cm³/mol. The van der Waals surface area contributed by atoms with E-state index < -0.39 is 0 Å². The van der Waals surface area contributed by atoms with Crippen molar-refractivity contribution in [2.45, 2.75) is 32.7 Å². The van der Waals surface area contributed by atoms with E-state index in [1.54, 1.807) is 0 Å². The zero-order valence-electron chi connectivity index (χ0n) is 16.6. The molecule has 1 aliphatic heterocycles. The molecule has 6 nitrogen and oxygen atoms in total. The van der Waals surface area contributed by atoms with Crippen LogP contribution in [0.5, 0.6) is 0 Å². The van der Waals surface area contributed by atoms with Gasteiger partial charge in [0.15, 0.2) is 5.96 Å². The molecule has 1 heterocycles. The minimum atomic E-state index is -0.251. The van der Waals surface area contributed by atoms with Crippen LogP contribution in [0, 0.1) is 5.92 Å². The minimum Gasteiger partial charge on any atom is -0.469 e. The molecule has 0 spiro atoms. The third-order valence-corrected chi connectivity index (χ3v) is 4.70. The summed E-state index contributed by atoms with van der Waals surface area (Å²) in [7, 11) is 1.41. The number of carbonyl (C=O) groups is 1. The lowest BCUT2D eigenvalue weighted by molar-refractivity contribution is -0.144. The van der Waals surface area contributed by atoms with Crippen LogP contribution in [-0.4, -0.2) is 56.7 Å². The van der Waals surface area contributed by atoms with Crippen LogP contribution in [0.3, 0.4) is 0 Å². The molecule has 152 valence electrons. The van der Waals surface area contributed by atoms with Crippen LogP contribution in [0.1, 0.15) is 38.3 Å². The summed E-state index contributed by atoms with van der Waals surface area (Å²) in [4.78, 5) is 18.6. The number of benzene rings is 1. The molecule has 1 aromatic carbocycles. The minimum absolute atomic E-state index is 0. The van der Waals surface area contributed by atoms with Crippen molar-refractivity contribution in [1.29, 1.82) is 0 Å². The van der Waals surface area contributed by atoms with Gasteiger partial charge in [-0.3, -0.25) is 14.7 Å². The molecule has 0 aliphatic carbocycles. The van der Waals surface area contributed by atoms with Gasteiger partial charge in [0.2, 0.25) is 0 Å². The standard InChI is InChI=1S/C20H32N4O2.HI/c1-4-21-20(22-14-16(2)19(25)26-3)23-15-18(24-12-8-9-13-24)17-10-6-5-7-11-17;/h5-7,10-11,16,18H,4,8-9,12-15H2,1-3H3,(H2,21,22,23);1H. The van der Waals surface area contributed by atoms with Gasteiger partial charge in [0.1, 0.15) is 0 Å². The van der Waals surface area contributed by atoms with Gasteiger partial charge in [-0.1, -0.05) is 37.3 Å². The first-order valence-electron chi connectivity index (χ1n) is 9.54. The van der Waals surface area contributed by atoms with Crippen molar-refractivity contribution < 1.29 is 9.53 Å². The zero-order valence-corrected chi connectivity index (χ0v) is 18.9. The molecular weight excluding hydrogens is 455 g/mol. The smallest absolute Gasteiger partial charge is 0.310 e. The number of likely N-dealkylation sites (tertiary alicyclic amines) is 1. The van der Waals surface area contributed by atoms with E-state index in [0.29, 0.717) is 12.6 Å². The predicted octanol–water partition coefficient (Wildman–Crippen LogP) is 2.81. The second-order valence-electron chi connectivity index (χ2n) is 6.69. The molecular formula is C20H33IN4O2. The van der Waals surface area contributed by atoms with Gasteiger partial charge in [-0.05, 0) is 38.4 Å². The Labute approximate surface area is 180 Å². The van der Waals surface area contributed by atoms with Gasteiger partial charge in [0, 0.05) is 13.1 Å². The van der Waals surface area contributed by atoms with Gasteiger partial charge in [-0.2, -0.15) is 0 Å². The maximum absolute atomic E-state index is 11.6. The maximum atomic E-state index is 11.6. The molecule has 0 amide bonds. The Morgan fingerprint density at radius 3 is 2.48 bits per heavy atom. The summed E-state index contributed by atoms with van der Waals surface area (Å²) in [5.41, 5.74) is 1.32.